The summed E-state index contributed by atoms with van der Waals surface area (Å²) in [6, 6.07) is 16.7. The SMILES string of the molecule is CCCCOc1ccc(OCC(=O)N/N=C/c2ccccc2)cc1. The number of hydrogen-bond acceptors (Lipinski definition) is 4. The summed E-state index contributed by atoms with van der Waals surface area (Å²) in [6.45, 7) is 2.73. The summed E-state index contributed by atoms with van der Waals surface area (Å²) < 4.78 is 11.0. The summed E-state index contributed by atoms with van der Waals surface area (Å²) in [5, 5.41) is 3.89. The lowest BCUT2D eigenvalue weighted by atomic mass is 10.2. The molecule has 2 rings (SSSR count). The van der Waals surface area contributed by atoms with Gasteiger partial charge in [0.15, 0.2) is 6.61 Å². The van der Waals surface area contributed by atoms with Crippen LogP contribution in [0.5, 0.6) is 11.5 Å². The fraction of sp³-hybridized carbons (Fsp3) is 0.263. The third kappa shape index (κ3) is 6.52. The number of hydrogen-bond donors (Lipinski definition) is 1. The normalized spacial score (nSPS) is 10.5. The predicted molar refractivity (Wildman–Crippen MR) is 94.5 cm³/mol. The molecule has 1 amide bonds. The first kappa shape index (κ1) is 17.5. The molecule has 0 saturated carbocycles. The van der Waals surface area contributed by atoms with E-state index in [0.717, 1.165) is 24.2 Å². The van der Waals surface area contributed by atoms with Crippen molar-refractivity contribution in [2.24, 2.45) is 5.10 Å². The van der Waals surface area contributed by atoms with Crippen molar-refractivity contribution >= 4 is 12.1 Å². The summed E-state index contributed by atoms with van der Waals surface area (Å²) in [6.07, 6.45) is 3.71. The highest BCUT2D eigenvalue weighted by molar-refractivity contribution is 5.82. The molecule has 0 fully saturated rings. The van der Waals surface area contributed by atoms with Crippen molar-refractivity contribution in [3.63, 3.8) is 0 Å². The monoisotopic (exact) mass is 326 g/mol. The Morgan fingerprint density at radius 2 is 1.71 bits per heavy atom. The van der Waals surface area contributed by atoms with E-state index in [4.69, 9.17) is 9.47 Å². The van der Waals surface area contributed by atoms with Crippen molar-refractivity contribution in [3.8, 4) is 11.5 Å². The molecular formula is C19H22N2O3. The fourth-order valence-corrected chi connectivity index (χ4v) is 1.87. The van der Waals surface area contributed by atoms with Crippen molar-refractivity contribution in [2.75, 3.05) is 13.2 Å². The smallest absolute Gasteiger partial charge is 0.277 e. The Bertz CT molecular complexity index is 639. The molecule has 0 atom stereocenters. The van der Waals surface area contributed by atoms with E-state index in [1.807, 2.05) is 42.5 Å². The topological polar surface area (TPSA) is 59.9 Å². The standard InChI is InChI=1S/C19H22N2O3/c1-2-3-13-23-17-9-11-18(12-10-17)24-15-19(22)21-20-14-16-7-5-4-6-8-16/h4-12,14H,2-3,13,15H2,1H3,(H,21,22)/b20-14+. The quantitative estimate of drug-likeness (QED) is 0.436. The van der Waals surface area contributed by atoms with Crippen LogP contribution in [0, 0.1) is 0 Å². The summed E-state index contributed by atoms with van der Waals surface area (Å²) in [4.78, 5) is 11.7. The van der Waals surface area contributed by atoms with E-state index < -0.39 is 0 Å². The number of benzene rings is 2. The van der Waals surface area contributed by atoms with Gasteiger partial charge in [0.05, 0.1) is 12.8 Å². The van der Waals surface area contributed by atoms with Gasteiger partial charge in [-0.05, 0) is 36.2 Å². The summed E-state index contributed by atoms with van der Waals surface area (Å²) in [5.74, 6) is 1.10. The number of rotatable bonds is 9. The van der Waals surface area contributed by atoms with Gasteiger partial charge in [-0.15, -0.1) is 0 Å². The largest absolute Gasteiger partial charge is 0.494 e. The molecule has 0 unspecified atom stereocenters. The van der Waals surface area contributed by atoms with Gasteiger partial charge in [-0.3, -0.25) is 4.79 Å². The maximum Gasteiger partial charge on any atom is 0.277 e. The van der Waals surface area contributed by atoms with Gasteiger partial charge in [-0.1, -0.05) is 43.7 Å². The molecule has 5 heteroatoms. The maximum absolute atomic E-state index is 11.7. The molecule has 5 nitrogen and oxygen atoms in total. The molecule has 0 heterocycles. The Morgan fingerprint density at radius 1 is 1.04 bits per heavy atom. The Morgan fingerprint density at radius 3 is 2.38 bits per heavy atom. The van der Waals surface area contributed by atoms with E-state index in [1.54, 1.807) is 18.3 Å². The second-order valence-electron chi connectivity index (χ2n) is 5.17. The predicted octanol–water partition coefficient (Wildman–Crippen LogP) is 3.39. The van der Waals surface area contributed by atoms with Crippen molar-refractivity contribution in [3.05, 3.63) is 60.2 Å². The number of amides is 1. The van der Waals surface area contributed by atoms with E-state index in [-0.39, 0.29) is 12.5 Å². The van der Waals surface area contributed by atoms with E-state index in [2.05, 4.69) is 17.5 Å². The van der Waals surface area contributed by atoms with Crippen molar-refractivity contribution in [1.82, 2.24) is 5.43 Å². The highest BCUT2D eigenvalue weighted by Gasteiger charge is 2.02. The molecule has 126 valence electrons. The third-order valence-corrected chi connectivity index (χ3v) is 3.16. The minimum Gasteiger partial charge on any atom is -0.494 e. The average Bonchev–Trinajstić information content (AvgIpc) is 2.62. The summed E-state index contributed by atoms with van der Waals surface area (Å²) in [5.41, 5.74) is 3.34. The molecule has 24 heavy (non-hydrogen) atoms. The van der Waals surface area contributed by atoms with Crippen molar-refractivity contribution in [2.45, 2.75) is 19.8 Å². The van der Waals surface area contributed by atoms with Crippen molar-refractivity contribution < 1.29 is 14.3 Å². The zero-order valence-electron chi connectivity index (χ0n) is 13.8. The van der Waals surface area contributed by atoms with Crippen LogP contribution >= 0.6 is 0 Å². The Balaban J connectivity index is 1.70. The Hall–Kier alpha value is -2.82. The van der Waals surface area contributed by atoms with Gasteiger partial charge in [0.25, 0.3) is 5.91 Å². The van der Waals surface area contributed by atoms with Crippen LogP contribution in [-0.2, 0) is 4.79 Å². The number of carbonyl (C=O) groups is 1. The average molecular weight is 326 g/mol. The van der Waals surface area contributed by atoms with Crippen LogP contribution in [0.15, 0.2) is 59.7 Å². The van der Waals surface area contributed by atoms with Crippen LogP contribution in [0.3, 0.4) is 0 Å². The molecular weight excluding hydrogens is 304 g/mol. The van der Waals surface area contributed by atoms with E-state index in [0.29, 0.717) is 12.4 Å². The number of nitrogens with one attached hydrogen (secondary N) is 1. The van der Waals surface area contributed by atoms with Crippen LogP contribution in [0.4, 0.5) is 0 Å². The first-order chi connectivity index (χ1) is 11.8. The number of unbranched alkanes of at least 4 members (excludes halogenated alkanes) is 1. The second kappa shape index (κ2) is 10.0. The van der Waals surface area contributed by atoms with Gasteiger partial charge in [-0.25, -0.2) is 5.43 Å². The maximum atomic E-state index is 11.7. The van der Waals surface area contributed by atoms with Crippen LogP contribution in [0.1, 0.15) is 25.3 Å². The lowest BCUT2D eigenvalue weighted by molar-refractivity contribution is -0.123. The molecule has 0 saturated heterocycles. The number of ether oxygens (including phenoxy) is 2. The van der Waals surface area contributed by atoms with E-state index in [1.165, 1.54) is 0 Å². The molecule has 2 aromatic rings. The molecule has 2 aromatic carbocycles. The first-order valence-corrected chi connectivity index (χ1v) is 8.00. The molecule has 0 aliphatic rings. The van der Waals surface area contributed by atoms with Gasteiger partial charge >= 0.3 is 0 Å². The van der Waals surface area contributed by atoms with Crippen LogP contribution < -0.4 is 14.9 Å². The highest BCUT2D eigenvalue weighted by Crippen LogP contribution is 2.17. The van der Waals surface area contributed by atoms with Gasteiger partial charge in [0.2, 0.25) is 0 Å². The summed E-state index contributed by atoms with van der Waals surface area (Å²) >= 11 is 0. The van der Waals surface area contributed by atoms with E-state index >= 15 is 0 Å². The number of hydrazone groups is 1. The molecule has 0 aliphatic carbocycles. The molecule has 0 radical (unpaired) electrons. The third-order valence-electron chi connectivity index (χ3n) is 3.16. The first-order valence-electron chi connectivity index (χ1n) is 8.00. The Kier molecular flexibility index (Phi) is 7.34. The van der Waals surface area contributed by atoms with Crippen LogP contribution in [0.25, 0.3) is 0 Å². The molecule has 1 N–H and O–H groups in total. The lowest BCUT2D eigenvalue weighted by Gasteiger charge is -2.07. The molecule has 0 aliphatic heterocycles. The number of nitrogens with zero attached hydrogens (tertiary/aromatic N) is 1. The van der Waals surface area contributed by atoms with Crippen LogP contribution in [-0.4, -0.2) is 25.3 Å². The van der Waals surface area contributed by atoms with Gasteiger partial charge < -0.3 is 9.47 Å². The van der Waals surface area contributed by atoms with Crippen molar-refractivity contribution in [1.29, 1.82) is 0 Å². The van der Waals surface area contributed by atoms with Gasteiger partial charge in [-0.2, -0.15) is 5.10 Å². The number of carbonyl (C=O) groups excluding carboxylic acids is 1. The Labute approximate surface area is 142 Å². The van der Waals surface area contributed by atoms with Gasteiger partial charge in [0, 0.05) is 0 Å². The molecule has 0 spiro atoms. The lowest BCUT2D eigenvalue weighted by Crippen LogP contribution is -2.24. The van der Waals surface area contributed by atoms with Gasteiger partial charge in [0.1, 0.15) is 11.5 Å². The highest BCUT2D eigenvalue weighted by atomic mass is 16.5. The molecule has 0 aromatic heterocycles. The van der Waals surface area contributed by atoms with Crippen LogP contribution in [0.2, 0.25) is 0 Å². The zero-order valence-corrected chi connectivity index (χ0v) is 13.8. The fourth-order valence-electron chi connectivity index (χ4n) is 1.87. The van der Waals surface area contributed by atoms with E-state index in [9.17, 15) is 4.79 Å². The molecule has 0 bridgehead atoms. The minimum atomic E-state index is -0.314. The minimum absolute atomic E-state index is 0.0951. The second-order valence-corrected chi connectivity index (χ2v) is 5.17. The zero-order chi connectivity index (χ0) is 17.0. The summed E-state index contributed by atoms with van der Waals surface area (Å²) in [7, 11) is 0.